The number of carbonyl (C=O) groups excluding carboxylic acids is 1. The zero-order chi connectivity index (χ0) is 17.2. The third-order valence-electron chi connectivity index (χ3n) is 5.49. The Morgan fingerprint density at radius 3 is 2.44 bits per heavy atom. The number of amides is 1. The molecule has 3 saturated heterocycles. The first kappa shape index (κ1) is 16.8. The van der Waals surface area contributed by atoms with Crippen LogP contribution in [0, 0.1) is 0 Å². The molecule has 136 valence electrons. The number of β-amino-alcohol motifs (C(OH)–C–C–N with tert-alkyl or cyclic N) is 1. The molecule has 7 heteroatoms. The van der Waals surface area contributed by atoms with Gasteiger partial charge < -0.3 is 19.6 Å². The van der Waals surface area contributed by atoms with Crippen LogP contribution in [0.3, 0.4) is 0 Å². The summed E-state index contributed by atoms with van der Waals surface area (Å²) in [5.74, 6) is 0.899. The topological polar surface area (TPSA) is 69.1 Å². The van der Waals surface area contributed by atoms with Crippen molar-refractivity contribution >= 4 is 11.7 Å². The first-order valence-electron chi connectivity index (χ1n) is 9.21. The second kappa shape index (κ2) is 7.27. The van der Waals surface area contributed by atoms with Gasteiger partial charge in [0, 0.05) is 51.5 Å². The minimum Gasteiger partial charge on any atom is -0.389 e. The highest BCUT2D eigenvalue weighted by Gasteiger charge is 2.29. The van der Waals surface area contributed by atoms with Gasteiger partial charge in [0.25, 0.3) is 5.91 Å². The molecule has 0 radical (unpaired) electrons. The number of hydrogen-bond acceptors (Lipinski definition) is 6. The summed E-state index contributed by atoms with van der Waals surface area (Å²) in [6.07, 6.45) is 3.47. The van der Waals surface area contributed by atoms with Gasteiger partial charge in [0.15, 0.2) is 0 Å². The standard InChI is InChI=1S/C18H26N4O3/c23-16-12-22(13-16)17-2-1-14(11-19-17)18(24)21-5-3-15(4-6-21)20-7-9-25-10-8-20/h1-2,11,15-16,23H,3-10,12-13H2. The van der Waals surface area contributed by atoms with E-state index in [9.17, 15) is 9.90 Å². The molecule has 25 heavy (non-hydrogen) atoms. The van der Waals surface area contributed by atoms with Gasteiger partial charge in [0.2, 0.25) is 0 Å². The van der Waals surface area contributed by atoms with E-state index in [1.54, 1.807) is 6.20 Å². The predicted molar refractivity (Wildman–Crippen MR) is 93.8 cm³/mol. The molecular weight excluding hydrogens is 320 g/mol. The highest BCUT2D eigenvalue weighted by Crippen LogP contribution is 2.21. The van der Waals surface area contributed by atoms with E-state index < -0.39 is 0 Å². The molecule has 1 aromatic rings. The molecule has 0 saturated carbocycles. The van der Waals surface area contributed by atoms with Crippen LogP contribution in [0.25, 0.3) is 0 Å². The summed E-state index contributed by atoms with van der Waals surface area (Å²) in [5.41, 5.74) is 0.648. The van der Waals surface area contributed by atoms with Crippen LogP contribution in [0.15, 0.2) is 18.3 Å². The number of piperidine rings is 1. The Labute approximate surface area is 148 Å². The van der Waals surface area contributed by atoms with Crippen LogP contribution in [0.2, 0.25) is 0 Å². The molecule has 1 amide bonds. The first-order valence-corrected chi connectivity index (χ1v) is 9.21. The first-order chi connectivity index (χ1) is 12.2. The van der Waals surface area contributed by atoms with Gasteiger partial charge in [-0.3, -0.25) is 9.69 Å². The normalized spacial score (nSPS) is 23.6. The second-order valence-corrected chi connectivity index (χ2v) is 7.14. The van der Waals surface area contributed by atoms with Crippen LogP contribution >= 0.6 is 0 Å². The smallest absolute Gasteiger partial charge is 0.255 e. The Bertz CT molecular complexity index is 589. The van der Waals surface area contributed by atoms with E-state index in [0.717, 1.165) is 58.1 Å². The molecule has 7 nitrogen and oxygen atoms in total. The summed E-state index contributed by atoms with van der Waals surface area (Å²) in [4.78, 5) is 23.5. The molecule has 0 atom stereocenters. The summed E-state index contributed by atoms with van der Waals surface area (Å²) < 4.78 is 5.42. The molecule has 0 spiro atoms. The third kappa shape index (κ3) is 3.63. The Balaban J connectivity index is 1.31. The molecule has 3 aliphatic heterocycles. The van der Waals surface area contributed by atoms with Crippen molar-refractivity contribution in [2.24, 2.45) is 0 Å². The van der Waals surface area contributed by atoms with E-state index >= 15 is 0 Å². The number of likely N-dealkylation sites (tertiary alicyclic amines) is 1. The van der Waals surface area contributed by atoms with Crippen molar-refractivity contribution in [1.29, 1.82) is 0 Å². The maximum absolute atomic E-state index is 12.7. The summed E-state index contributed by atoms with van der Waals surface area (Å²) >= 11 is 0. The lowest BCUT2D eigenvalue weighted by Crippen LogP contribution is -2.51. The highest BCUT2D eigenvalue weighted by atomic mass is 16.5. The Kier molecular flexibility index (Phi) is 4.87. The number of anilines is 1. The van der Waals surface area contributed by atoms with Gasteiger partial charge in [0.1, 0.15) is 5.82 Å². The summed E-state index contributed by atoms with van der Waals surface area (Å²) in [6, 6.07) is 4.30. The molecule has 4 heterocycles. The average Bonchev–Trinajstić information content (AvgIpc) is 2.66. The maximum atomic E-state index is 12.7. The number of aliphatic hydroxyl groups excluding tert-OH is 1. The zero-order valence-electron chi connectivity index (χ0n) is 14.5. The number of aliphatic hydroxyl groups is 1. The van der Waals surface area contributed by atoms with Crippen molar-refractivity contribution in [1.82, 2.24) is 14.8 Å². The largest absolute Gasteiger partial charge is 0.389 e. The summed E-state index contributed by atoms with van der Waals surface area (Å²) in [5, 5.41) is 9.37. The van der Waals surface area contributed by atoms with Crippen molar-refractivity contribution in [3.63, 3.8) is 0 Å². The SMILES string of the molecule is O=C(c1ccc(N2CC(O)C2)nc1)N1CCC(N2CCOCC2)CC1. The minimum absolute atomic E-state index is 0.0723. The van der Waals surface area contributed by atoms with Crippen LogP contribution in [0.1, 0.15) is 23.2 Å². The number of nitrogens with zero attached hydrogens (tertiary/aromatic N) is 4. The van der Waals surface area contributed by atoms with E-state index in [2.05, 4.69) is 9.88 Å². The Morgan fingerprint density at radius 1 is 1.12 bits per heavy atom. The number of pyridine rings is 1. The van der Waals surface area contributed by atoms with Crippen molar-refractivity contribution in [2.75, 3.05) is 57.4 Å². The summed E-state index contributed by atoms with van der Waals surface area (Å²) in [6.45, 7) is 6.52. The lowest BCUT2D eigenvalue weighted by molar-refractivity contribution is 0.00158. The zero-order valence-corrected chi connectivity index (χ0v) is 14.5. The van der Waals surface area contributed by atoms with Gasteiger partial charge in [-0.1, -0.05) is 0 Å². The molecule has 3 fully saturated rings. The molecule has 4 rings (SSSR count). The molecule has 1 aromatic heterocycles. The predicted octanol–water partition coefficient (Wildman–Crippen LogP) is 0.199. The number of morpholine rings is 1. The van der Waals surface area contributed by atoms with Crippen LogP contribution in [0.5, 0.6) is 0 Å². The summed E-state index contributed by atoms with van der Waals surface area (Å²) in [7, 11) is 0. The van der Waals surface area contributed by atoms with Crippen molar-refractivity contribution < 1.29 is 14.6 Å². The molecule has 0 aliphatic carbocycles. The Hall–Kier alpha value is -1.70. The second-order valence-electron chi connectivity index (χ2n) is 7.14. The van der Waals surface area contributed by atoms with Crippen LogP contribution in [-0.2, 0) is 4.74 Å². The maximum Gasteiger partial charge on any atom is 0.255 e. The molecule has 0 bridgehead atoms. The fourth-order valence-corrected chi connectivity index (χ4v) is 3.90. The lowest BCUT2D eigenvalue weighted by Gasteiger charge is -2.40. The minimum atomic E-state index is -0.254. The van der Waals surface area contributed by atoms with Gasteiger partial charge >= 0.3 is 0 Å². The van der Waals surface area contributed by atoms with Crippen molar-refractivity contribution in [2.45, 2.75) is 25.0 Å². The van der Waals surface area contributed by atoms with Crippen molar-refractivity contribution in [3.05, 3.63) is 23.9 Å². The molecule has 1 N–H and O–H groups in total. The monoisotopic (exact) mass is 346 g/mol. The van der Waals surface area contributed by atoms with E-state index in [-0.39, 0.29) is 12.0 Å². The van der Waals surface area contributed by atoms with Crippen LogP contribution < -0.4 is 4.90 Å². The van der Waals surface area contributed by atoms with E-state index in [0.29, 0.717) is 24.7 Å². The number of aromatic nitrogens is 1. The lowest BCUT2D eigenvalue weighted by atomic mass is 10.0. The molecular formula is C18H26N4O3. The van der Waals surface area contributed by atoms with Crippen molar-refractivity contribution in [3.8, 4) is 0 Å². The molecule has 3 aliphatic rings. The van der Waals surface area contributed by atoms with Gasteiger partial charge in [-0.05, 0) is 25.0 Å². The van der Waals surface area contributed by atoms with Crippen LogP contribution in [-0.4, -0.2) is 90.4 Å². The van der Waals surface area contributed by atoms with E-state index in [4.69, 9.17) is 4.74 Å². The number of hydrogen-bond donors (Lipinski definition) is 1. The highest BCUT2D eigenvalue weighted by molar-refractivity contribution is 5.94. The number of rotatable bonds is 3. The Morgan fingerprint density at radius 2 is 1.84 bits per heavy atom. The number of carbonyl (C=O) groups is 1. The molecule has 0 unspecified atom stereocenters. The number of ether oxygens (including phenoxy) is 1. The average molecular weight is 346 g/mol. The fourth-order valence-electron chi connectivity index (χ4n) is 3.90. The fraction of sp³-hybridized carbons (Fsp3) is 0.667. The molecule has 0 aromatic carbocycles. The van der Waals surface area contributed by atoms with Gasteiger partial charge in [-0.15, -0.1) is 0 Å². The quantitative estimate of drug-likeness (QED) is 0.843. The van der Waals surface area contributed by atoms with E-state index in [1.807, 2.05) is 21.9 Å². The van der Waals surface area contributed by atoms with Gasteiger partial charge in [-0.2, -0.15) is 0 Å². The van der Waals surface area contributed by atoms with Crippen LogP contribution in [0.4, 0.5) is 5.82 Å². The van der Waals surface area contributed by atoms with Gasteiger partial charge in [0.05, 0.1) is 24.9 Å². The third-order valence-corrected chi connectivity index (χ3v) is 5.49. The van der Waals surface area contributed by atoms with Gasteiger partial charge in [-0.25, -0.2) is 4.98 Å². The van der Waals surface area contributed by atoms with E-state index in [1.165, 1.54) is 0 Å².